The minimum Gasteiger partial charge on any atom is -0.504 e. The van der Waals surface area contributed by atoms with Crippen LogP contribution in [0.15, 0.2) is 36.6 Å². The lowest BCUT2D eigenvalue weighted by Gasteiger charge is -2.44. The van der Waals surface area contributed by atoms with Crippen molar-refractivity contribution in [2.45, 2.75) is 92.4 Å². The van der Waals surface area contributed by atoms with Gasteiger partial charge in [-0.3, -0.25) is 0 Å². The molecule has 1 saturated carbocycles. The van der Waals surface area contributed by atoms with Gasteiger partial charge in [-0.15, -0.1) is 0 Å². The van der Waals surface area contributed by atoms with E-state index in [1.165, 1.54) is 38.5 Å². The van der Waals surface area contributed by atoms with Crippen molar-refractivity contribution in [1.82, 2.24) is 0 Å². The Morgan fingerprint density at radius 3 is 2.35 bits per heavy atom. The Morgan fingerprint density at radius 1 is 0.938 bits per heavy atom. The summed E-state index contributed by atoms with van der Waals surface area (Å²) >= 11 is 0. The molecule has 4 fully saturated rings. The molecule has 0 aromatic heterocycles. The number of phenols is 1. The van der Waals surface area contributed by atoms with Crippen LogP contribution < -0.4 is 4.74 Å². The van der Waals surface area contributed by atoms with Crippen LogP contribution >= 0.6 is 0 Å². The molecule has 48 heavy (non-hydrogen) atoms. The number of esters is 1. The maximum atomic E-state index is 12.6. The summed E-state index contributed by atoms with van der Waals surface area (Å²) in [6.07, 6.45) is -12.0. The molecule has 17 nitrogen and oxygen atoms in total. The van der Waals surface area contributed by atoms with Crippen molar-refractivity contribution in [3.05, 3.63) is 42.2 Å². The number of ether oxygens (including phenoxy) is 8. The molecule has 4 aliphatic heterocycles. The number of methoxy groups -OCH3 is 1. The van der Waals surface area contributed by atoms with Gasteiger partial charge in [-0.25, -0.2) is 4.79 Å². The number of fused-ring (bicyclic) bond motifs is 3. The van der Waals surface area contributed by atoms with Gasteiger partial charge < -0.3 is 78.7 Å². The zero-order chi connectivity index (χ0) is 34.5. The van der Waals surface area contributed by atoms with E-state index in [9.17, 15) is 45.6 Å². The van der Waals surface area contributed by atoms with Gasteiger partial charge in [0.15, 0.2) is 30.2 Å². The van der Waals surface area contributed by atoms with Gasteiger partial charge in [0.1, 0.15) is 48.3 Å². The maximum absolute atomic E-state index is 12.6. The zero-order valence-electron chi connectivity index (χ0n) is 25.9. The van der Waals surface area contributed by atoms with Crippen LogP contribution in [-0.4, -0.2) is 153 Å². The van der Waals surface area contributed by atoms with E-state index in [-0.39, 0.29) is 11.5 Å². The summed E-state index contributed by atoms with van der Waals surface area (Å²) in [4.78, 5) is 12.6. The normalized spacial score (nSPS) is 44.9. The molecule has 0 amide bonds. The molecule has 8 N–H and O–H groups in total. The van der Waals surface area contributed by atoms with Gasteiger partial charge in [-0.1, -0.05) is 6.07 Å². The summed E-state index contributed by atoms with van der Waals surface area (Å²) in [6.45, 7) is 0.374. The third-order valence-corrected chi connectivity index (χ3v) is 9.53. The second-order valence-electron chi connectivity index (χ2n) is 12.4. The fourth-order valence-electron chi connectivity index (χ4n) is 6.89. The Bertz CT molecular complexity index is 1370. The van der Waals surface area contributed by atoms with Gasteiger partial charge in [-0.05, 0) is 36.8 Å². The maximum Gasteiger partial charge on any atom is 0.331 e. The number of carbonyl (C=O) groups excluding carboxylic acids is 1. The Morgan fingerprint density at radius 2 is 1.67 bits per heavy atom. The van der Waals surface area contributed by atoms with Crippen LogP contribution in [0.5, 0.6) is 11.5 Å². The summed E-state index contributed by atoms with van der Waals surface area (Å²) in [6, 6.07) is 4.51. The molecule has 266 valence electrons. The van der Waals surface area contributed by atoms with Gasteiger partial charge in [0, 0.05) is 12.0 Å². The first kappa shape index (κ1) is 34.9. The van der Waals surface area contributed by atoms with Crippen molar-refractivity contribution in [2.24, 2.45) is 11.8 Å². The number of phenolic OH excluding ortho intramolecular Hbond substituents is 1. The highest BCUT2D eigenvalue weighted by atomic mass is 16.8. The molecular formula is C31H40O17. The molecule has 0 spiro atoms. The summed E-state index contributed by atoms with van der Waals surface area (Å²) in [7, 11) is 1.40. The smallest absolute Gasteiger partial charge is 0.331 e. The van der Waals surface area contributed by atoms with E-state index in [4.69, 9.17) is 37.9 Å². The largest absolute Gasteiger partial charge is 0.504 e. The molecular weight excluding hydrogens is 644 g/mol. The van der Waals surface area contributed by atoms with E-state index in [1.54, 1.807) is 12.1 Å². The number of hydrogen-bond donors (Lipinski definition) is 8. The minimum absolute atomic E-state index is 0.124. The summed E-state index contributed by atoms with van der Waals surface area (Å²) < 4.78 is 45.3. The molecule has 5 aliphatic rings. The topological polar surface area (TPSA) is 256 Å². The molecule has 4 heterocycles. The fraction of sp³-hybridized carbons (Fsp3) is 0.645. The Kier molecular flexibility index (Phi) is 10.0. The second kappa shape index (κ2) is 13.8. The molecule has 1 aromatic carbocycles. The van der Waals surface area contributed by atoms with Crippen LogP contribution in [0.3, 0.4) is 0 Å². The fourth-order valence-corrected chi connectivity index (χ4v) is 6.89. The van der Waals surface area contributed by atoms with Crippen LogP contribution in [0.25, 0.3) is 6.08 Å². The molecule has 17 heteroatoms. The van der Waals surface area contributed by atoms with E-state index in [0.29, 0.717) is 5.56 Å². The highest BCUT2D eigenvalue weighted by Crippen LogP contribution is 2.61. The van der Waals surface area contributed by atoms with Gasteiger partial charge in [0.2, 0.25) is 6.29 Å². The van der Waals surface area contributed by atoms with Gasteiger partial charge in [-0.2, -0.15) is 0 Å². The lowest BCUT2D eigenvalue weighted by Crippen LogP contribution is -2.60. The Hall–Kier alpha value is -2.91. The average molecular weight is 685 g/mol. The number of aliphatic hydroxyl groups is 7. The number of rotatable bonds is 10. The SMILES string of the molecule is COc1ccc(/C=C/C(=O)O[C@@H]2[C@@H](O)[C@@H](O)[C@H](O[C@H]3[C@@H]4C=CO[C@@H](O[C@@H]5O[C@H](CO)[C@@H](O)[C@H](O)[C@H]5O)[C@@H]4[C@@]4(CO)O[C@@H]34)O[C@H]2C)cc1O. The van der Waals surface area contributed by atoms with E-state index >= 15 is 0 Å². The number of hydrogen-bond acceptors (Lipinski definition) is 17. The minimum atomic E-state index is -1.70. The molecule has 3 saturated heterocycles. The van der Waals surface area contributed by atoms with E-state index < -0.39 is 117 Å². The predicted molar refractivity (Wildman–Crippen MR) is 155 cm³/mol. The van der Waals surface area contributed by atoms with Crippen LogP contribution in [0.4, 0.5) is 0 Å². The molecule has 1 aromatic rings. The van der Waals surface area contributed by atoms with Crippen LogP contribution in [0, 0.1) is 11.8 Å². The van der Waals surface area contributed by atoms with Gasteiger partial charge in [0.25, 0.3) is 0 Å². The molecule has 0 bridgehead atoms. The van der Waals surface area contributed by atoms with E-state index in [2.05, 4.69) is 0 Å². The molecule has 0 radical (unpaired) electrons. The average Bonchev–Trinajstić information content (AvgIpc) is 3.75. The Labute approximate surface area is 274 Å². The first-order valence-electron chi connectivity index (χ1n) is 15.4. The summed E-state index contributed by atoms with van der Waals surface area (Å²) in [5.41, 5.74) is -0.750. The number of aromatic hydroxyl groups is 1. The number of carbonyl (C=O) groups is 1. The van der Waals surface area contributed by atoms with Crippen molar-refractivity contribution in [1.29, 1.82) is 0 Å². The first-order valence-corrected chi connectivity index (χ1v) is 15.4. The number of epoxide rings is 1. The third-order valence-electron chi connectivity index (χ3n) is 9.53. The van der Waals surface area contributed by atoms with Gasteiger partial charge >= 0.3 is 5.97 Å². The van der Waals surface area contributed by atoms with Crippen molar-refractivity contribution in [3.63, 3.8) is 0 Å². The van der Waals surface area contributed by atoms with E-state index in [1.807, 2.05) is 0 Å². The van der Waals surface area contributed by atoms with Crippen molar-refractivity contribution < 1.29 is 83.5 Å². The number of benzene rings is 1. The van der Waals surface area contributed by atoms with E-state index in [0.717, 1.165) is 6.08 Å². The monoisotopic (exact) mass is 684 g/mol. The van der Waals surface area contributed by atoms with Crippen molar-refractivity contribution in [3.8, 4) is 11.5 Å². The standard InChI is InChI=1S/C31H40O17/c1-12-25(45-18(35)6-4-13-3-5-16(41-2)15(34)9-13)22(38)24(40)29(43-12)46-26-14-7-8-42-28(19(14)31(11-33)27(26)48-31)47-30-23(39)21(37)20(36)17(10-32)44-30/h3-9,12,14,17,19-30,32-34,36-40H,10-11H2,1-2H3/b6-4+/t12-,14+,17+,19+,20+,21-,22-,23+,24+,25-,26-,27-,28-,29-,30-,31+/m0/s1. The van der Waals surface area contributed by atoms with Crippen LogP contribution in [-0.2, 0) is 38.0 Å². The second-order valence-corrected chi connectivity index (χ2v) is 12.4. The van der Waals surface area contributed by atoms with Crippen molar-refractivity contribution in [2.75, 3.05) is 20.3 Å². The molecule has 1 aliphatic carbocycles. The highest BCUT2D eigenvalue weighted by molar-refractivity contribution is 5.87. The van der Waals surface area contributed by atoms with Crippen LogP contribution in [0.1, 0.15) is 12.5 Å². The molecule has 6 rings (SSSR count). The lowest BCUT2D eigenvalue weighted by molar-refractivity contribution is -0.347. The zero-order valence-corrected chi connectivity index (χ0v) is 25.9. The van der Waals surface area contributed by atoms with Crippen molar-refractivity contribution >= 4 is 12.0 Å². The molecule has 0 unspecified atom stereocenters. The summed E-state index contributed by atoms with van der Waals surface area (Å²) in [5, 5.41) is 82.5. The lowest BCUT2D eigenvalue weighted by atomic mass is 9.85. The molecule has 16 atom stereocenters. The predicted octanol–water partition coefficient (Wildman–Crippen LogP) is -2.76. The summed E-state index contributed by atoms with van der Waals surface area (Å²) in [5.74, 6) is -2.03. The quantitative estimate of drug-likeness (QED) is 0.0705. The van der Waals surface area contributed by atoms with Gasteiger partial charge in [0.05, 0.1) is 44.7 Å². The number of aliphatic hydroxyl groups excluding tert-OH is 7. The third kappa shape index (κ3) is 6.19. The highest BCUT2D eigenvalue weighted by Gasteiger charge is 2.77. The van der Waals surface area contributed by atoms with Crippen LogP contribution in [0.2, 0.25) is 0 Å². The Balaban J connectivity index is 1.10. The first-order chi connectivity index (χ1) is 22.9.